The van der Waals surface area contributed by atoms with Gasteiger partial charge in [0.05, 0.1) is 12.2 Å². The molecule has 1 rings (SSSR count). The summed E-state index contributed by atoms with van der Waals surface area (Å²) in [6, 6.07) is 3.90. The molecule has 22 heavy (non-hydrogen) atoms. The Kier molecular flexibility index (Phi) is 8.64. The number of hydrogen-bond donors (Lipinski definition) is 1. The van der Waals surface area contributed by atoms with E-state index in [-0.39, 0.29) is 5.97 Å². The summed E-state index contributed by atoms with van der Waals surface area (Å²) < 4.78 is 5.37. The molecule has 0 aliphatic heterocycles. The lowest BCUT2D eigenvalue weighted by molar-refractivity contribution is 0.0498. The smallest absolute Gasteiger partial charge is 0.338 e. The van der Waals surface area contributed by atoms with Crippen LogP contribution in [-0.4, -0.2) is 12.6 Å². The fourth-order valence-corrected chi connectivity index (χ4v) is 2.50. The van der Waals surface area contributed by atoms with Gasteiger partial charge in [0.2, 0.25) is 0 Å². The van der Waals surface area contributed by atoms with Crippen molar-refractivity contribution in [1.29, 1.82) is 0 Å². The summed E-state index contributed by atoms with van der Waals surface area (Å²) in [5.41, 5.74) is 9.95. The zero-order valence-corrected chi connectivity index (χ0v) is 14.4. The Balaban J connectivity index is 2.98. The Labute approximate surface area is 135 Å². The van der Waals surface area contributed by atoms with Crippen LogP contribution in [0.1, 0.15) is 80.8 Å². The number of aryl methyl sites for hydroxylation is 1. The average Bonchev–Trinajstić information content (AvgIpc) is 2.52. The summed E-state index contributed by atoms with van der Waals surface area (Å²) in [6.45, 7) is 6.89. The third-order valence-corrected chi connectivity index (χ3v) is 3.98. The fourth-order valence-electron chi connectivity index (χ4n) is 2.50. The van der Waals surface area contributed by atoms with Crippen LogP contribution < -0.4 is 5.73 Å². The summed E-state index contributed by atoms with van der Waals surface area (Å²) in [6.07, 6.45) is 8.14. The molecule has 0 heterocycles. The summed E-state index contributed by atoms with van der Waals surface area (Å²) in [7, 11) is 0. The van der Waals surface area contributed by atoms with E-state index in [1.165, 1.54) is 0 Å². The van der Waals surface area contributed by atoms with Crippen LogP contribution in [0.5, 0.6) is 0 Å². The van der Waals surface area contributed by atoms with E-state index in [0.29, 0.717) is 12.2 Å². The molecule has 0 aromatic heterocycles. The van der Waals surface area contributed by atoms with E-state index in [0.717, 1.165) is 68.2 Å². The molecule has 3 nitrogen and oxygen atoms in total. The predicted molar refractivity (Wildman–Crippen MR) is 93.3 cm³/mol. The van der Waals surface area contributed by atoms with E-state index in [1.807, 2.05) is 12.1 Å². The van der Waals surface area contributed by atoms with Crippen LogP contribution in [-0.2, 0) is 17.6 Å². The quantitative estimate of drug-likeness (QED) is 0.379. The van der Waals surface area contributed by atoms with Crippen molar-refractivity contribution in [3.63, 3.8) is 0 Å². The first kappa shape index (κ1) is 18.5. The van der Waals surface area contributed by atoms with Crippen LogP contribution in [0.15, 0.2) is 12.1 Å². The Morgan fingerprint density at radius 1 is 1.00 bits per heavy atom. The zero-order valence-electron chi connectivity index (χ0n) is 14.4. The average molecular weight is 305 g/mol. The molecule has 0 aliphatic rings. The molecular weight excluding hydrogens is 274 g/mol. The Bertz CT molecular complexity index is 469. The minimum atomic E-state index is -0.228. The first-order chi connectivity index (χ1) is 10.7. The summed E-state index contributed by atoms with van der Waals surface area (Å²) in [4.78, 5) is 12.3. The van der Waals surface area contributed by atoms with Crippen LogP contribution in [0, 0.1) is 0 Å². The van der Waals surface area contributed by atoms with E-state index in [4.69, 9.17) is 10.5 Å². The molecule has 0 spiro atoms. The third kappa shape index (κ3) is 5.36. The van der Waals surface area contributed by atoms with E-state index in [1.54, 1.807) is 0 Å². The normalized spacial score (nSPS) is 10.7. The van der Waals surface area contributed by atoms with Gasteiger partial charge >= 0.3 is 5.97 Å². The largest absolute Gasteiger partial charge is 0.462 e. The van der Waals surface area contributed by atoms with Gasteiger partial charge in [0, 0.05) is 5.69 Å². The van der Waals surface area contributed by atoms with Crippen LogP contribution in [0.25, 0.3) is 0 Å². The second kappa shape index (κ2) is 10.3. The molecule has 0 amide bonds. The molecule has 124 valence electrons. The van der Waals surface area contributed by atoms with Crippen LogP contribution in [0.2, 0.25) is 0 Å². The molecule has 1 aromatic rings. The minimum Gasteiger partial charge on any atom is -0.462 e. The van der Waals surface area contributed by atoms with E-state index >= 15 is 0 Å². The first-order valence-electron chi connectivity index (χ1n) is 8.72. The topological polar surface area (TPSA) is 52.3 Å². The van der Waals surface area contributed by atoms with Gasteiger partial charge < -0.3 is 10.5 Å². The SMILES string of the molecule is CCCCOC(=O)c1ccc(CCCC)c(N)c1CCCC. The van der Waals surface area contributed by atoms with Crippen molar-refractivity contribution in [1.82, 2.24) is 0 Å². The van der Waals surface area contributed by atoms with Gasteiger partial charge in [0.1, 0.15) is 0 Å². The lowest BCUT2D eigenvalue weighted by atomic mass is 9.94. The van der Waals surface area contributed by atoms with Gasteiger partial charge in [-0.05, 0) is 49.3 Å². The molecule has 0 saturated carbocycles. The van der Waals surface area contributed by atoms with Gasteiger partial charge in [-0.15, -0.1) is 0 Å². The maximum absolute atomic E-state index is 12.3. The maximum atomic E-state index is 12.3. The number of nitrogen functional groups attached to an aromatic ring is 1. The molecule has 1 aromatic carbocycles. The number of hydrogen-bond acceptors (Lipinski definition) is 3. The molecule has 2 N–H and O–H groups in total. The van der Waals surface area contributed by atoms with E-state index < -0.39 is 0 Å². The highest BCUT2D eigenvalue weighted by Gasteiger charge is 2.17. The van der Waals surface area contributed by atoms with Gasteiger partial charge in [-0.1, -0.05) is 46.1 Å². The van der Waals surface area contributed by atoms with Crippen molar-refractivity contribution in [2.45, 2.75) is 72.1 Å². The summed E-state index contributed by atoms with van der Waals surface area (Å²) in [5, 5.41) is 0. The van der Waals surface area contributed by atoms with Crippen molar-refractivity contribution in [3.8, 4) is 0 Å². The second-order valence-electron chi connectivity index (χ2n) is 5.86. The number of nitrogens with two attached hydrogens (primary N) is 1. The highest BCUT2D eigenvalue weighted by atomic mass is 16.5. The lowest BCUT2D eigenvalue weighted by Crippen LogP contribution is -2.12. The Morgan fingerprint density at radius 3 is 2.27 bits per heavy atom. The minimum absolute atomic E-state index is 0.228. The molecule has 0 aliphatic carbocycles. The van der Waals surface area contributed by atoms with Crippen molar-refractivity contribution in [3.05, 3.63) is 28.8 Å². The number of ether oxygens (including phenoxy) is 1. The maximum Gasteiger partial charge on any atom is 0.338 e. The molecule has 3 heteroatoms. The Hall–Kier alpha value is -1.51. The molecule has 0 saturated heterocycles. The predicted octanol–water partition coefficient (Wildman–Crippen LogP) is 4.91. The molecular formula is C19H31NO2. The second-order valence-corrected chi connectivity index (χ2v) is 5.86. The number of anilines is 1. The Morgan fingerprint density at radius 2 is 1.64 bits per heavy atom. The molecule has 0 fully saturated rings. The van der Waals surface area contributed by atoms with Gasteiger partial charge in [-0.3, -0.25) is 0 Å². The highest BCUT2D eigenvalue weighted by molar-refractivity contribution is 5.93. The third-order valence-electron chi connectivity index (χ3n) is 3.98. The van der Waals surface area contributed by atoms with E-state index in [9.17, 15) is 4.79 Å². The summed E-state index contributed by atoms with van der Waals surface area (Å²) >= 11 is 0. The van der Waals surface area contributed by atoms with Gasteiger partial charge in [-0.25, -0.2) is 4.79 Å². The lowest BCUT2D eigenvalue weighted by Gasteiger charge is -2.15. The number of benzene rings is 1. The van der Waals surface area contributed by atoms with E-state index in [2.05, 4.69) is 20.8 Å². The molecule has 0 unspecified atom stereocenters. The van der Waals surface area contributed by atoms with Crippen LogP contribution >= 0.6 is 0 Å². The van der Waals surface area contributed by atoms with Crippen molar-refractivity contribution in [2.24, 2.45) is 0 Å². The van der Waals surface area contributed by atoms with Gasteiger partial charge in [0.25, 0.3) is 0 Å². The number of carbonyl (C=O) groups is 1. The number of esters is 1. The number of rotatable bonds is 10. The van der Waals surface area contributed by atoms with Crippen molar-refractivity contribution >= 4 is 11.7 Å². The highest BCUT2D eigenvalue weighted by Crippen LogP contribution is 2.26. The van der Waals surface area contributed by atoms with Crippen LogP contribution in [0.4, 0.5) is 5.69 Å². The molecule has 0 atom stereocenters. The summed E-state index contributed by atoms with van der Waals surface area (Å²) in [5.74, 6) is -0.228. The fraction of sp³-hybridized carbons (Fsp3) is 0.632. The van der Waals surface area contributed by atoms with Crippen LogP contribution in [0.3, 0.4) is 0 Å². The zero-order chi connectivity index (χ0) is 16.4. The standard InChI is InChI=1S/C19H31NO2/c1-4-7-10-15-12-13-17(19(21)22-14-9-6-3)16(18(15)20)11-8-5-2/h12-13H,4-11,14,20H2,1-3H3. The van der Waals surface area contributed by atoms with Gasteiger partial charge in [0.15, 0.2) is 0 Å². The first-order valence-corrected chi connectivity index (χ1v) is 8.72. The monoisotopic (exact) mass is 305 g/mol. The van der Waals surface area contributed by atoms with Crippen molar-refractivity contribution in [2.75, 3.05) is 12.3 Å². The molecule has 0 bridgehead atoms. The van der Waals surface area contributed by atoms with Crippen molar-refractivity contribution < 1.29 is 9.53 Å². The number of unbranched alkanes of at least 4 members (excludes halogenated alkanes) is 3. The van der Waals surface area contributed by atoms with Gasteiger partial charge in [-0.2, -0.15) is 0 Å². The molecule has 0 radical (unpaired) electrons. The number of carbonyl (C=O) groups excluding carboxylic acids is 1.